The highest BCUT2D eigenvalue weighted by Gasteiger charge is 2.46. The predicted molar refractivity (Wildman–Crippen MR) is 80.5 cm³/mol. The molecule has 2 unspecified atom stereocenters. The van der Waals surface area contributed by atoms with Crippen molar-refractivity contribution in [1.29, 1.82) is 0 Å². The molecule has 2 aliphatic rings. The van der Waals surface area contributed by atoms with Gasteiger partial charge in [0.25, 0.3) is 0 Å². The average Bonchev–Trinajstić information content (AvgIpc) is 3.22. The van der Waals surface area contributed by atoms with E-state index >= 15 is 0 Å². The Hall–Kier alpha value is -1.06. The van der Waals surface area contributed by atoms with Gasteiger partial charge in [-0.1, -0.05) is 43.5 Å². The third-order valence-electron chi connectivity index (χ3n) is 4.16. The minimum absolute atomic E-state index is 0.0174. The number of unbranched alkanes of at least 4 members (excludes halogenated alkanes) is 1. The van der Waals surface area contributed by atoms with Crippen LogP contribution in [0.5, 0.6) is 0 Å². The molecule has 1 aromatic carbocycles. The topological polar surface area (TPSA) is 32.3 Å². The van der Waals surface area contributed by atoms with Crippen LogP contribution in [0.1, 0.15) is 50.8 Å². The van der Waals surface area contributed by atoms with Gasteiger partial charge >= 0.3 is 0 Å². The summed E-state index contributed by atoms with van der Waals surface area (Å²) in [5.41, 5.74) is 1.13. The Morgan fingerprint density at radius 2 is 2.00 bits per heavy atom. The first-order chi connectivity index (χ1) is 9.70. The lowest BCUT2D eigenvalue weighted by Crippen LogP contribution is -2.33. The lowest BCUT2D eigenvalue weighted by molar-refractivity contribution is -0.130. The summed E-state index contributed by atoms with van der Waals surface area (Å²) in [5, 5.41) is 4.25. The molecular formula is C16H21ClN2O. The summed E-state index contributed by atoms with van der Waals surface area (Å²) in [6.07, 6.45) is 5.45. The number of hydrogen-bond acceptors (Lipinski definition) is 2. The first kappa shape index (κ1) is 13.9. The van der Waals surface area contributed by atoms with Gasteiger partial charge in [0.1, 0.15) is 6.17 Å². The third kappa shape index (κ3) is 2.70. The lowest BCUT2D eigenvalue weighted by atomic mass is 10.1. The van der Waals surface area contributed by atoms with E-state index in [9.17, 15) is 4.79 Å². The monoisotopic (exact) mass is 292 g/mol. The standard InChI is InChI=1S/C16H21ClN2O/c1-2-3-4-14-16(20)19(13-9-10-13)15(18-14)11-5-7-12(17)8-6-11/h5-8,13-15,18H,2-4,9-10H2,1H3. The number of amides is 1. The fourth-order valence-electron chi connectivity index (χ4n) is 2.91. The van der Waals surface area contributed by atoms with Crippen molar-refractivity contribution < 1.29 is 4.79 Å². The Bertz CT molecular complexity index is 484. The molecule has 1 heterocycles. The molecular weight excluding hydrogens is 272 g/mol. The van der Waals surface area contributed by atoms with Crippen LogP contribution >= 0.6 is 11.6 Å². The maximum absolute atomic E-state index is 12.6. The fourth-order valence-corrected chi connectivity index (χ4v) is 3.04. The van der Waals surface area contributed by atoms with Crippen molar-refractivity contribution in [2.45, 2.75) is 57.3 Å². The number of nitrogens with one attached hydrogen (secondary N) is 1. The highest BCUT2D eigenvalue weighted by atomic mass is 35.5. The first-order valence-electron chi connectivity index (χ1n) is 7.54. The molecule has 1 saturated heterocycles. The van der Waals surface area contributed by atoms with Crippen molar-refractivity contribution in [3.8, 4) is 0 Å². The van der Waals surface area contributed by atoms with E-state index in [1.165, 1.54) is 0 Å². The fraction of sp³-hybridized carbons (Fsp3) is 0.562. The highest BCUT2D eigenvalue weighted by molar-refractivity contribution is 6.30. The zero-order chi connectivity index (χ0) is 14.1. The molecule has 0 bridgehead atoms. The molecule has 20 heavy (non-hydrogen) atoms. The Morgan fingerprint density at radius 1 is 1.30 bits per heavy atom. The number of carbonyl (C=O) groups is 1. The zero-order valence-electron chi connectivity index (χ0n) is 11.8. The molecule has 0 spiro atoms. The van der Waals surface area contributed by atoms with Crippen LogP contribution in [0.4, 0.5) is 0 Å². The van der Waals surface area contributed by atoms with Crippen LogP contribution in [0.15, 0.2) is 24.3 Å². The average molecular weight is 293 g/mol. The van der Waals surface area contributed by atoms with Crippen LogP contribution in [-0.4, -0.2) is 22.9 Å². The molecule has 2 atom stereocenters. The summed E-state index contributed by atoms with van der Waals surface area (Å²) in [6, 6.07) is 8.25. The van der Waals surface area contributed by atoms with E-state index in [0.717, 1.165) is 42.7 Å². The van der Waals surface area contributed by atoms with Crippen LogP contribution in [0, 0.1) is 0 Å². The van der Waals surface area contributed by atoms with E-state index in [-0.39, 0.29) is 18.1 Å². The first-order valence-corrected chi connectivity index (χ1v) is 7.92. The van der Waals surface area contributed by atoms with Crippen molar-refractivity contribution in [2.24, 2.45) is 0 Å². The maximum atomic E-state index is 12.6. The van der Waals surface area contributed by atoms with E-state index in [2.05, 4.69) is 17.1 Å². The lowest BCUT2D eigenvalue weighted by Gasteiger charge is -2.24. The van der Waals surface area contributed by atoms with Gasteiger partial charge in [0.05, 0.1) is 6.04 Å². The van der Waals surface area contributed by atoms with E-state index in [1.807, 2.05) is 24.3 Å². The SMILES string of the molecule is CCCCC1NC(c2ccc(Cl)cc2)N(C2CC2)C1=O. The number of rotatable bonds is 5. The molecule has 1 N–H and O–H groups in total. The van der Waals surface area contributed by atoms with E-state index in [4.69, 9.17) is 11.6 Å². The molecule has 1 aliphatic heterocycles. The van der Waals surface area contributed by atoms with Crippen LogP contribution < -0.4 is 5.32 Å². The van der Waals surface area contributed by atoms with Gasteiger partial charge in [0.2, 0.25) is 5.91 Å². The zero-order valence-corrected chi connectivity index (χ0v) is 12.6. The molecule has 2 fully saturated rings. The van der Waals surface area contributed by atoms with Gasteiger partial charge in [-0.2, -0.15) is 0 Å². The molecule has 1 amide bonds. The van der Waals surface area contributed by atoms with Crippen molar-refractivity contribution in [1.82, 2.24) is 10.2 Å². The van der Waals surface area contributed by atoms with Crippen LogP contribution in [-0.2, 0) is 4.79 Å². The molecule has 1 aromatic rings. The normalized spacial score (nSPS) is 26.3. The van der Waals surface area contributed by atoms with Gasteiger partial charge < -0.3 is 4.90 Å². The molecule has 1 saturated carbocycles. The minimum Gasteiger partial charge on any atom is -0.319 e. The van der Waals surface area contributed by atoms with Crippen molar-refractivity contribution in [2.75, 3.05) is 0 Å². The number of halogens is 1. The van der Waals surface area contributed by atoms with Gasteiger partial charge in [-0.05, 0) is 37.0 Å². The Labute approximate surface area is 125 Å². The second kappa shape index (κ2) is 5.74. The second-order valence-corrected chi connectivity index (χ2v) is 6.23. The second-order valence-electron chi connectivity index (χ2n) is 5.79. The van der Waals surface area contributed by atoms with Crippen molar-refractivity contribution in [3.63, 3.8) is 0 Å². The smallest absolute Gasteiger partial charge is 0.241 e. The Kier molecular flexibility index (Phi) is 3.99. The van der Waals surface area contributed by atoms with Crippen LogP contribution in [0.2, 0.25) is 5.02 Å². The summed E-state index contributed by atoms with van der Waals surface area (Å²) in [5.74, 6) is 0.279. The van der Waals surface area contributed by atoms with E-state index in [1.54, 1.807) is 0 Å². The molecule has 4 heteroatoms. The van der Waals surface area contributed by atoms with Gasteiger partial charge in [-0.3, -0.25) is 10.1 Å². The molecule has 3 rings (SSSR count). The number of benzene rings is 1. The molecule has 0 aromatic heterocycles. The molecule has 3 nitrogen and oxygen atoms in total. The predicted octanol–water partition coefficient (Wildman–Crippen LogP) is 3.49. The van der Waals surface area contributed by atoms with E-state index in [0.29, 0.717) is 6.04 Å². The van der Waals surface area contributed by atoms with Crippen LogP contribution in [0.25, 0.3) is 0 Å². The van der Waals surface area contributed by atoms with Crippen LogP contribution in [0.3, 0.4) is 0 Å². The van der Waals surface area contributed by atoms with Gasteiger partial charge in [-0.15, -0.1) is 0 Å². The Balaban J connectivity index is 1.81. The molecule has 0 radical (unpaired) electrons. The van der Waals surface area contributed by atoms with Gasteiger partial charge in [0.15, 0.2) is 0 Å². The molecule has 1 aliphatic carbocycles. The molecule has 108 valence electrons. The number of carbonyl (C=O) groups excluding carboxylic acids is 1. The summed E-state index contributed by atoms with van der Waals surface area (Å²) in [4.78, 5) is 14.6. The van der Waals surface area contributed by atoms with Gasteiger partial charge in [-0.25, -0.2) is 0 Å². The maximum Gasteiger partial charge on any atom is 0.241 e. The van der Waals surface area contributed by atoms with Crippen molar-refractivity contribution >= 4 is 17.5 Å². The quantitative estimate of drug-likeness (QED) is 0.901. The largest absolute Gasteiger partial charge is 0.319 e. The third-order valence-corrected chi connectivity index (χ3v) is 4.41. The highest BCUT2D eigenvalue weighted by Crippen LogP contribution is 2.38. The number of hydrogen-bond donors (Lipinski definition) is 1. The summed E-state index contributed by atoms with van der Waals surface area (Å²) >= 11 is 5.95. The Morgan fingerprint density at radius 3 is 2.60 bits per heavy atom. The minimum atomic E-state index is -0.0174. The summed E-state index contributed by atoms with van der Waals surface area (Å²) in [7, 11) is 0. The van der Waals surface area contributed by atoms with E-state index < -0.39 is 0 Å². The summed E-state index contributed by atoms with van der Waals surface area (Å²) < 4.78 is 0. The van der Waals surface area contributed by atoms with Gasteiger partial charge in [0, 0.05) is 11.1 Å². The summed E-state index contributed by atoms with van der Waals surface area (Å²) in [6.45, 7) is 2.16. The number of nitrogens with zero attached hydrogens (tertiary/aromatic N) is 1. The van der Waals surface area contributed by atoms with Crippen molar-refractivity contribution in [3.05, 3.63) is 34.9 Å².